The summed E-state index contributed by atoms with van der Waals surface area (Å²) in [5.74, 6) is 0.0599. The molecule has 0 saturated heterocycles. The standard InChI is InChI=1S/C21H42O2/c1-6-10-14-21(15-11-7-2,16-12-8-3)18-19(5)20(22)23-17-13-9-4/h19H,6-18H2,1-5H3. The summed E-state index contributed by atoms with van der Waals surface area (Å²) in [7, 11) is 0. The normalized spacial score (nSPS) is 13.1. The van der Waals surface area contributed by atoms with E-state index in [0.29, 0.717) is 12.0 Å². The van der Waals surface area contributed by atoms with Gasteiger partial charge in [-0.25, -0.2) is 0 Å². The van der Waals surface area contributed by atoms with E-state index < -0.39 is 0 Å². The van der Waals surface area contributed by atoms with Crippen molar-refractivity contribution < 1.29 is 9.53 Å². The second-order valence-corrected chi connectivity index (χ2v) is 7.44. The second kappa shape index (κ2) is 13.9. The monoisotopic (exact) mass is 326 g/mol. The molecule has 0 fully saturated rings. The Kier molecular flexibility index (Phi) is 13.5. The van der Waals surface area contributed by atoms with Crippen LogP contribution in [-0.4, -0.2) is 12.6 Å². The summed E-state index contributed by atoms with van der Waals surface area (Å²) < 4.78 is 5.46. The maximum Gasteiger partial charge on any atom is 0.308 e. The van der Waals surface area contributed by atoms with Gasteiger partial charge in [0.2, 0.25) is 0 Å². The summed E-state index contributed by atoms with van der Waals surface area (Å²) in [6, 6.07) is 0. The highest BCUT2D eigenvalue weighted by Gasteiger charge is 2.32. The zero-order valence-electron chi connectivity index (χ0n) is 16.6. The van der Waals surface area contributed by atoms with Crippen LogP contribution >= 0.6 is 0 Å². The molecule has 0 saturated carbocycles. The molecule has 0 aliphatic rings. The van der Waals surface area contributed by atoms with Crippen LogP contribution in [-0.2, 0) is 9.53 Å². The van der Waals surface area contributed by atoms with Crippen LogP contribution in [0, 0.1) is 11.3 Å². The van der Waals surface area contributed by atoms with Crippen LogP contribution in [0.4, 0.5) is 0 Å². The van der Waals surface area contributed by atoms with Crippen molar-refractivity contribution in [3.63, 3.8) is 0 Å². The maximum atomic E-state index is 12.3. The van der Waals surface area contributed by atoms with Crippen LogP contribution in [0.5, 0.6) is 0 Å². The smallest absolute Gasteiger partial charge is 0.308 e. The minimum absolute atomic E-state index is 0.0207. The molecule has 0 radical (unpaired) electrons. The van der Waals surface area contributed by atoms with Gasteiger partial charge in [0.25, 0.3) is 0 Å². The maximum absolute atomic E-state index is 12.3. The van der Waals surface area contributed by atoms with Gasteiger partial charge >= 0.3 is 5.97 Å². The van der Waals surface area contributed by atoms with E-state index in [2.05, 4.69) is 34.6 Å². The Hall–Kier alpha value is -0.530. The van der Waals surface area contributed by atoms with Crippen molar-refractivity contribution in [1.29, 1.82) is 0 Å². The Labute approximate surface area is 145 Å². The van der Waals surface area contributed by atoms with Crippen LogP contribution in [0.15, 0.2) is 0 Å². The molecule has 1 unspecified atom stereocenters. The van der Waals surface area contributed by atoms with Gasteiger partial charge in [0.1, 0.15) is 0 Å². The summed E-state index contributed by atoms with van der Waals surface area (Å²) in [5.41, 5.74) is 0.352. The van der Waals surface area contributed by atoms with Gasteiger partial charge in [-0.2, -0.15) is 0 Å². The molecule has 0 aliphatic heterocycles. The molecule has 138 valence electrons. The SMILES string of the molecule is CCCCOC(=O)C(C)CC(CCCC)(CCCC)CCCC. The second-order valence-electron chi connectivity index (χ2n) is 7.44. The molecule has 0 rings (SSSR count). The third-order valence-electron chi connectivity index (χ3n) is 5.07. The molecule has 0 amide bonds. The zero-order chi connectivity index (χ0) is 17.6. The van der Waals surface area contributed by atoms with E-state index in [0.717, 1.165) is 19.3 Å². The molecule has 23 heavy (non-hydrogen) atoms. The van der Waals surface area contributed by atoms with Gasteiger partial charge < -0.3 is 4.74 Å². The Bertz CT molecular complexity index is 264. The summed E-state index contributed by atoms with van der Waals surface area (Å²) in [6.45, 7) is 11.6. The predicted octanol–water partition coefficient (Wildman–Crippen LogP) is 6.91. The van der Waals surface area contributed by atoms with Crippen molar-refractivity contribution in [1.82, 2.24) is 0 Å². The molecule has 0 N–H and O–H groups in total. The van der Waals surface area contributed by atoms with Gasteiger partial charge in [0.05, 0.1) is 12.5 Å². The van der Waals surface area contributed by atoms with Crippen molar-refractivity contribution in [2.45, 2.75) is 112 Å². The fourth-order valence-electron chi connectivity index (χ4n) is 3.53. The van der Waals surface area contributed by atoms with Gasteiger partial charge in [0.15, 0.2) is 0 Å². The highest BCUT2D eigenvalue weighted by Crippen LogP contribution is 2.42. The lowest BCUT2D eigenvalue weighted by Gasteiger charge is -2.36. The number of ether oxygens (including phenoxy) is 1. The van der Waals surface area contributed by atoms with Gasteiger partial charge in [0, 0.05) is 0 Å². The van der Waals surface area contributed by atoms with E-state index in [4.69, 9.17) is 4.74 Å². The zero-order valence-corrected chi connectivity index (χ0v) is 16.6. The lowest BCUT2D eigenvalue weighted by molar-refractivity contribution is -0.149. The molecule has 2 nitrogen and oxygen atoms in total. The van der Waals surface area contributed by atoms with Crippen molar-refractivity contribution in [2.75, 3.05) is 6.61 Å². The molecule has 0 spiro atoms. The van der Waals surface area contributed by atoms with E-state index in [1.165, 1.54) is 57.8 Å². The highest BCUT2D eigenvalue weighted by molar-refractivity contribution is 5.72. The first kappa shape index (κ1) is 22.5. The lowest BCUT2D eigenvalue weighted by Crippen LogP contribution is -2.28. The molecular formula is C21H42O2. The molecule has 0 aromatic heterocycles. The Morgan fingerprint density at radius 2 is 1.26 bits per heavy atom. The number of unbranched alkanes of at least 4 members (excludes halogenated alkanes) is 4. The summed E-state index contributed by atoms with van der Waals surface area (Å²) in [5, 5.41) is 0. The average Bonchev–Trinajstić information content (AvgIpc) is 2.56. The Morgan fingerprint density at radius 3 is 1.65 bits per heavy atom. The van der Waals surface area contributed by atoms with E-state index in [1.807, 2.05) is 0 Å². The summed E-state index contributed by atoms with van der Waals surface area (Å²) in [6.07, 6.45) is 14.5. The minimum atomic E-state index is 0.0207. The molecule has 2 heteroatoms. The first-order valence-corrected chi connectivity index (χ1v) is 10.2. The molecule has 0 aromatic carbocycles. The minimum Gasteiger partial charge on any atom is -0.465 e. The largest absolute Gasteiger partial charge is 0.465 e. The Balaban J connectivity index is 4.80. The molecule has 0 bridgehead atoms. The van der Waals surface area contributed by atoms with E-state index in [1.54, 1.807) is 0 Å². The lowest BCUT2D eigenvalue weighted by atomic mass is 9.69. The van der Waals surface area contributed by atoms with Crippen LogP contribution in [0.2, 0.25) is 0 Å². The van der Waals surface area contributed by atoms with Gasteiger partial charge in [-0.05, 0) is 37.5 Å². The fourth-order valence-corrected chi connectivity index (χ4v) is 3.53. The van der Waals surface area contributed by atoms with Crippen molar-refractivity contribution in [3.8, 4) is 0 Å². The van der Waals surface area contributed by atoms with Crippen molar-refractivity contribution >= 4 is 5.97 Å². The van der Waals surface area contributed by atoms with Crippen molar-refractivity contribution in [3.05, 3.63) is 0 Å². The van der Waals surface area contributed by atoms with Crippen LogP contribution in [0.1, 0.15) is 112 Å². The number of esters is 1. The highest BCUT2D eigenvalue weighted by atomic mass is 16.5. The third kappa shape index (κ3) is 10.0. The average molecular weight is 327 g/mol. The molecular weight excluding hydrogens is 284 g/mol. The number of rotatable bonds is 15. The molecule has 1 atom stereocenters. The number of carbonyl (C=O) groups excluding carboxylic acids is 1. The Morgan fingerprint density at radius 1 is 0.826 bits per heavy atom. The molecule has 0 aromatic rings. The quantitative estimate of drug-likeness (QED) is 0.241. The van der Waals surface area contributed by atoms with Gasteiger partial charge in [-0.1, -0.05) is 79.6 Å². The molecule has 0 heterocycles. The molecule has 0 aliphatic carbocycles. The van der Waals surface area contributed by atoms with Crippen LogP contribution < -0.4 is 0 Å². The van der Waals surface area contributed by atoms with E-state index >= 15 is 0 Å². The first-order chi connectivity index (χ1) is 11.0. The van der Waals surface area contributed by atoms with Crippen LogP contribution in [0.25, 0.3) is 0 Å². The van der Waals surface area contributed by atoms with Gasteiger partial charge in [-0.3, -0.25) is 4.79 Å². The number of carbonyl (C=O) groups is 1. The third-order valence-corrected chi connectivity index (χ3v) is 5.07. The topological polar surface area (TPSA) is 26.3 Å². The van der Waals surface area contributed by atoms with Crippen molar-refractivity contribution in [2.24, 2.45) is 11.3 Å². The van der Waals surface area contributed by atoms with Crippen LogP contribution in [0.3, 0.4) is 0 Å². The van der Waals surface area contributed by atoms with Gasteiger partial charge in [-0.15, -0.1) is 0 Å². The summed E-state index contributed by atoms with van der Waals surface area (Å²) in [4.78, 5) is 12.3. The van der Waals surface area contributed by atoms with E-state index in [9.17, 15) is 4.79 Å². The number of hydrogen-bond donors (Lipinski definition) is 0. The fraction of sp³-hybridized carbons (Fsp3) is 0.952. The summed E-state index contributed by atoms with van der Waals surface area (Å²) >= 11 is 0. The van der Waals surface area contributed by atoms with E-state index in [-0.39, 0.29) is 11.9 Å². The predicted molar refractivity (Wildman–Crippen MR) is 101 cm³/mol. The number of hydrogen-bond acceptors (Lipinski definition) is 2. The first-order valence-electron chi connectivity index (χ1n) is 10.2.